The van der Waals surface area contributed by atoms with Crippen LogP contribution in [0.2, 0.25) is 0 Å². The molecule has 0 N–H and O–H groups in total. The van der Waals surface area contributed by atoms with E-state index in [1.807, 2.05) is 0 Å². The van der Waals surface area contributed by atoms with E-state index in [0.29, 0.717) is 0 Å². The topological polar surface area (TPSA) is 0 Å². The van der Waals surface area contributed by atoms with Crippen molar-refractivity contribution in [2.24, 2.45) is 0 Å². The van der Waals surface area contributed by atoms with Crippen LogP contribution in [0.3, 0.4) is 0 Å². The number of hydrogen-bond acceptors (Lipinski definition) is 0. The zero-order valence-corrected chi connectivity index (χ0v) is 15.7. The lowest BCUT2D eigenvalue weighted by Crippen LogP contribution is -2.01. The maximum atomic E-state index is 3.60. The quantitative estimate of drug-likeness (QED) is 0.358. The molecule has 0 unspecified atom stereocenters. The molecule has 0 amide bonds. The lowest BCUT2D eigenvalue weighted by atomic mass is 9.88. The molecule has 0 heterocycles. The van der Waals surface area contributed by atoms with Gasteiger partial charge in [0.05, 0.1) is 11.8 Å². The van der Waals surface area contributed by atoms with Gasteiger partial charge in [0.2, 0.25) is 0 Å². The molecule has 0 saturated carbocycles. The standard InChI is InChI=1S/C28H22/c1-5-13-23(14-6-1)27(24-15-7-2-8-16-24)21-22-28(25-17-9-3-10-18-25)26-19-11-4-12-20-26/h1-20,27-28H. The predicted octanol–water partition coefficient (Wildman–Crippen LogP) is 6.65. The van der Waals surface area contributed by atoms with Gasteiger partial charge >= 0.3 is 0 Å². The van der Waals surface area contributed by atoms with E-state index in [1.54, 1.807) is 0 Å². The Labute approximate surface area is 167 Å². The van der Waals surface area contributed by atoms with Crippen molar-refractivity contribution < 1.29 is 0 Å². The Morgan fingerprint density at radius 2 is 0.536 bits per heavy atom. The average Bonchev–Trinajstić information content (AvgIpc) is 2.79. The normalized spacial score (nSPS) is 10.5. The summed E-state index contributed by atoms with van der Waals surface area (Å²) in [4.78, 5) is 0. The third-order valence-corrected chi connectivity index (χ3v) is 4.90. The van der Waals surface area contributed by atoms with Crippen molar-refractivity contribution in [2.45, 2.75) is 11.8 Å². The van der Waals surface area contributed by atoms with E-state index < -0.39 is 0 Å². The summed E-state index contributed by atoms with van der Waals surface area (Å²) in [6.45, 7) is 0. The average molecular weight is 358 g/mol. The van der Waals surface area contributed by atoms with Crippen LogP contribution < -0.4 is 0 Å². The van der Waals surface area contributed by atoms with Gasteiger partial charge in [-0.25, -0.2) is 0 Å². The number of rotatable bonds is 4. The minimum absolute atomic E-state index is 0.0531. The highest BCUT2D eigenvalue weighted by Crippen LogP contribution is 2.27. The molecule has 0 aliphatic heterocycles. The first-order valence-electron chi connectivity index (χ1n) is 9.62. The molecule has 4 rings (SSSR count). The Kier molecular flexibility index (Phi) is 5.66. The van der Waals surface area contributed by atoms with E-state index >= 15 is 0 Å². The molecule has 0 radical (unpaired) electrons. The van der Waals surface area contributed by atoms with Crippen molar-refractivity contribution in [3.05, 3.63) is 144 Å². The second kappa shape index (κ2) is 8.89. The van der Waals surface area contributed by atoms with Gasteiger partial charge in [0.25, 0.3) is 0 Å². The number of hydrogen-bond donors (Lipinski definition) is 0. The lowest BCUT2D eigenvalue weighted by Gasteiger charge is -2.14. The van der Waals surface area contributed by atoms with Gasteiger partial charge in [0.1, 0.15) is 0 Å². The molecule has 0 heteroatoms. The van der Waals surface area contributed by atoms with Gasteiger partial charge in [-0.15, -0.1) is 0 Å². The lowest BCUT2D eigenvalue weighted by molar-refractivity contribution is 1.03. The second-order valence-electron chi connectivity index (χ2n) is 6.80. The highest BCUT2D eigenvalue weighted by Gasteiger charge is 2.14. The first-order valence-corrected chi connectivity index (χ1v) is 9.62. The van der Waals surface area contributed by atoms with E-state index in [0.717, 1.165) is 0 Å². The minimum Gasteiger partial charge on any atom is -0.0893 e. The van der Waals surface area contributed by atoms with Crippen molar-refractivity contribution in [2.75, 3.05) is 0 Å². The maximum Gasteiger partial charge on any atom is 0.0702 e. The Morgan fingerprint density at radius 3 is 0.750 bits per heavy atom. The summed E-state index contributed by atoms with van der Waals surface area (Å²) in [6.07, 6.45) is 0. The molecular formula is C28H22. The van der Waals surface area contributed by atoms with E-state index in [2.05, 4.69) is 133 Å². The van der Waals surface area contributed by atoms with Crippen molar-refractivity contribution in [1.29, 1.82) is 0 Å². The van der Waals surface area contributed by atoms with Gasteiger partial charge in [-0.1, -0.05) is 133 Å². The Balaban J connectivity index is 1.78. The Morgan fingerprint density at radius 1 is 0.321 bits per heavy atom. The Bertz CT molecular complexity index is 874. The predicted molar refractivity (Wildman–Crippen MR) is 117 cm³/mol. The zero-order chi connectivity index (χ0) is 19.0. The fourth-order valence-electron chi connectivity index (χ4n) is 3.47. The zero-order valence-electron chi connectivity index (χ0n) is 15.7. The fraction of sp³-hybridized carbons (Fsp3) is 0.0714. The summed E-state index contributed by atoms with van der Waals surface area (Å²) in [6, 6.07) is 42.1. The molecule has 28 heavy (non-hydrogen) atoms. The molecule has 0 aliphatic carbocycles. The molecular weight excluding hydrogens is 336 g/mol. The van der Waals surface area contributed by atoms with E-state index in [9.17, 15) is 0 Å². The van der Waals surface area contributed by atoms with Crippen molar-refractivity contribution in [1.82, 2.24) is 0 Å². The molecule has 0 aliphatic rings. The molecule has 4 aromatic carbocycles. The van der Waals surface area contributed by atoms with Gasteiger partial charge in [-0.3, -0.25) is 0 Å². The largest absolute Gasteiger partial charge is 0.0893 e. The fourth-order valence-corrected chi connectivity index (χ4v) is 3.47. The van der Waals surface area contributed by atoms with Crippen molar-refractivity contribution in [3.63, 3.8) is 0 Å². The summed E-state index contributed by atoms with van der Waals surface area (Å²) >= 11 is 0. The van der Waals surface area contributed by atoms with Gasteiger partial charge in [-0.05, 0) is 22.3 Å². The van der Waals surface area contributed by atoms with Crippen LogP contribution in [0.25, 0.3) is 0 Å². The molecule has 0 saturated heterocycles. The summed E-state index contributed by atoms with van der Waals surface area (Å²) in [5.41, 5.74) is 4.89. The van der Waals surface area contributed by atoms with Gasteiger partial charge in [-0.2, -0.15) is 0 Å². The van der Waals surface area contributed by atoms with Crippen LogP contribution in [0.5, 0.6) is 0 Å². The molecule has 0 spiro atoms. The van der Waals surface area contributed by atoms with Crippen LogP contribution in [0, 0.1) is 11.8 Å². The van der Waals surface area contributed by atoms with Crippen LogP contribution in [-0.2, 0) is 0 Å². The summed E-state index contributed by atoms with van der Waals surface area (Å²) < 4.78 is 0. The highest BCUT2D eigenvalue weighted by molar-refractivity contribution is 5.45. The minimum atomic E-state index is 0.0531. The third-order valence-electron chi connectivity index (χ3n) is 4.90. The van der Waals surface area contributed by atoms with Crippen LogP contribution in [0.4, 0.5) is 0 Å². The SMILES string of the molecule is C(#CC(c1ccccc1)c1ccccc1)C(c1ccccc1)c1ccccc1. The number of benzene rings is 4. The molecule has 134 valence electrons. The summed E-state index contributed by atoms with van der Waals surface area (Å²) in [7, 11) is 0. The second-order valence-corrected chi connectivity index (χ2v) is 6.80. The van der Waals surface area contributed by atoms with Crippen LogP contribution in [-0.4, -0.2) is 0 Å². The molecule has 0 bridgehead atoms. The van der Waals surface area contributed by atoms with Crippen LogP contribution in [0.1, 0.15) is 34.1 Å². The molecule has 0 fully saturated rings. The van der Waals surface area contributed by atoms with E-state index in [1.165, 1.54) is 22.3 Å². The first-order chi connectivity index (χ1) is 13.9. The van der Waals surface area contributed by atoms with Crippen molar-refractivity contribution >= 4 is 0 Å². The van der Waals surface area contributed by atoms with Gasteiger partial charge in [0.15, 0.2) is 0 Å². The Hall–Kier alpha value is -3.56. The monoisotopic (exact) mass is 358 g/mol. The molecule has 0 atom stereocenters. The van der Waals surface area contributed by atoms with Crippen LogP contribution >= 0.6 is 0 Å². The van der Waals surface area contributed by atoms with E-state index in [4.69, 9.17) is 0 Å². The summed E-state index contributed by atoms with van der Waals surface area (Å²) in [5.74, 6) is 7.30. The van der Waals surface area contributed by atoms with Crippen LogP contribution in [0.15, 0.2) is 121 Å². The molecule has 4 aromatic rings. The maximum absolute atomic E-state index is 3.60. The first kappa shape index (κ1) is 17.8. The third kappa shape index (κ3) is 4.22. The van der Waals surface area contributed by atoms with E-state index in [-0.39, 0.29) is 11.8 Å². The molecule has 0 nitrogen and oxygen atoms in total. The highest BCUT2D eigenvalue weighted by atomic mass is 14.2. The summed E-state index contributed by atoms with van der Waals surface area (Å²) in [5, 5.41) is 0. The van der Waals surface area contributed by atoms with Crippen molar-refractivity contribution in [3.8, 4) is 11.8 Å². The van der Waals surface area contributed by atoms with Gasteiger partial charge in [0, 0.05) is 0 Å². The molecule has 0 aromatic heterocycles. The smallest absolute Gasteiger partial charge is 0.0702 e. The van der Waals surface area contributed by atoms with Gasteiger partial charge < -0.3 is 0 Å².